The summed E-state index contributed by atoms with van der Waals surface area (Å²) >= 11 is 0. The monoisotopic (exact) mass is 358 g/mol. The van der Waals surface area contributed by atoms with Crippen LogP contribution in [0.5, 0.6) is 0 Å². The molecule has 8 unspecified atom stereocenters. The second-order valence-electron chi connectivity index (χ2n) is 10.6. The van der Waals surface area contributed by atoms with Crippen LogP contribution in [-0.4, -0.2) is 22.3 Å². The van der Waals surface area contributed by atoms with Gasteiger partial charge in [0.25, 0.3) is 0 Å². The molecule has 4 aliphatic rings. The molecule has 0 aromatic rings. The maximum Gasteiger partial charge on any atom is 0.155 e. The number of carbonyl (C=O) groups is 2. The first-order valence-electron chi connectivity index (χ1n) is 10.5. The number of carbonyl (C=O) groups excluding carboxylic acids is 2. The van der Waals surface area contributed by atoms with Crippen molar-refractivity contribution in [2.75, 3.05) is 0 Å². The topological polar surface area (TPSA) is 54.4 Å². The Balaban J connectivity index is 1.82. The van der Waals surface area contributed by atoms with Gasteiger partial charge in [0.15, 0.2) is 5.78 Å². The summed E-state index contributed by atoms with van der Waals surface area (Å²) in [7, 11) is 0. The van der Waals surface area contributed by atoms with Crippen molar-refractivity contribution in [2.45, 2.75) is 78.7 Å². The van der Waals surface area contributed by atoms with Gasteiger partial charge in [0, 0.05) is 12.3 Å². The molecule has 3 saturated carbocycles. The zero-order valence-corrected chi connectivity index (χ0v) is 17.0. The SMILES string of the molecule is CC(=O)C1CCC2C3CC(C)C4=CC(=O)CCC4(C)C3C(C)(O)CC12C. The summed E-state index contributed by atoms with van der Waals surface area (Å²) in [6.07, 6.45) is 7.20. The number of Topliss-reactive ketones (excluding diaryl/α,β-unsaturated/α-hetero) is 1. The Bertz CT molecular complexity index is 690. The first kappa shape index (κ1) is 18.4. The standard InChI is InChI=1S/C23H34O3/c1-13-10-16-18-7-6-17(14(2)24)22(18,4)12-23(5,26)20(16)21(3)9-8-15(25)11-19(13)21/h11,13,16-18,20,26H,6-10,12H2,1-5H3. The third-order valence-electron chi connectivity index (χ3n) is 8.96. The van der Waals surface area contributed by atoms with E-state index in [4.69, 9.17) is 0 Å². The molecular weight excluding hydrogens is 324 g/mol. The van der Waals surface area contributed by atoms with Crippen molar-refractivity contribution in [3.63, 3.8) is 0 Å². The quantitative estimate of drug-likeness (QED) is 0.759. The highest BCUT2D eigenvalue weighted by molar-refractivity contribution is 5.91. The van der Waals surface area contributed by atoms with Crippen LogP contribution in [0.25, 0.3) is 0 Å². The maximum atomic E-state index is 12.3. The van der Waals surface area contributed by atoms with Gasteiger partial charge in [0.2, 0.25) is 0 Å². The van der Waals surface area contributed by atoms with Crippen LogP contribution in [0.4, 0.5) is 0 Å². The number of rotatable bonds is 1. The summed E-state index contributed by atoms with van der Waals surface area (Å²) in [5, 5.41) is 11.7. The lowest BCUT2D eigenvalue weighted by molar-refractivity contribution is -0.188. The van der Waals surface area contributed by atoms with Gasteiger partial charge in [-0.25, -0.2) is 0 Å². The fraction of sp³-hybridized carbons (Fsp3) is 0.826. The molecule has 0 bridgehead atoms. The van der Waals surface area contributed by atoms with Crippen LogP contribution < -0.4 is 0 Å². The van der Waals surface area contributed by atoms with Crippen LogP contribution in [0.2, 0.25) is 0 Å². The predicted octanol–water partition coefficient (Wildman–Crippen LogP) is 4.33. The predicted molar refractivity (Wildman–Crippen MR) is 101 cm³/mol. The summed E-state index contributed by atoms with van der Waals surface area (Å²) < 4.78 is 0. The molecule has 0 saturated heterocycles. The zero-order chi connectivity index (χ0) is 19.1. The van der Waals surface area contributed by atoms with Crippen molar-refractivity contribution in [3.05, 3.63) is 11.6 Å². The smallest absolute Gasteiger partial charge is 0.155 e. The lowest BCUT2D eigenvalue weighted by Gasteiger charge is -2.64. The Kier molecular flexibility index (Phi) is 3.91. The minimum absolute atomic E-state index is 0.0850. The van der Waals surface area contributed by atoms with Crippen molar-refractivity contribution in [1.82, 2.24) is 0 Å². The molecule has 0 aliphatic heterocycles. The van der Waals surface area contributed by atoms with Crippen LogP contribution in [0.15, 0.2) is 11.6 Å². The number of fused-ring (bicyclic) bond motifs is 5. The van der Waals surface area contributed by atoms with E-state index < -0.39 is 5.60 Å². The van der Waals surface area contributed by atoms with Gasteiger partial charge < -0.3 is 5.11 Å². The number of ketones is 2. The van der Waals surface area contributed by atoms with Gasteiger partial charge in [0.1, 0.15) is 5.78 Å². The molecule has 0 amide bonds. The molecule has 3 heteroatoms. The molecule has 26 heavy (non-hydrogen) atoms. The van der Waals surface area contributed by atoms with Crippen molar-refractivity contribution in [3.8, 4) is 0 Å². The zero-order valence-electron chi connectivity index (χ0n) is 17.0. The van der Waals surface area contributed by atoms with Gasteiger partial charge in [-0.1, -0.05) is 26.3 Å². The van der Waals surface area contributed by atoms with Crippen molar-refractivity contribution >= 4 is 11.6 Å². The van der Waals surface area contributed by atoms with Crippen LogP contribution in [0.1, 0.15) is 73.1 Å². The normalized spacial score (nSPS) is 53.4. The fourth-order valence-electron chi connectivity index (χ4n) is 8.44. The van der Waals surface area contributed by atoms with Gasteiger partial charge in [-0.15, -0.1) is 0 Å². The van der Waals surface area contributed by atoms with Gasteiger partial charge in [-0.3, -0.25) is 9.59 Å². The first-order chi connectivity index (χ1) is 12.0. The molecule has 0 heterocycles. The molecule has 144 valence electrons. The van der Waals surface area contributed by atoms with E-state index in [-0.39, 0.29) is 28.4 Å². The molecule has 3 nitrogen and oxygen atoms in total. The van der Waals surface area contributed by atoms with Crippen molar-refractivity contribution < 1.29 is 14.7 Å². The summed E-state index contributed by atoms with van der Waals surface area (Å²) in [5.74, 6) is 2.17. The van der Waals surface area contributed by atoms with Crippen LogP contribution in [0.3, 0.4) is 0 Å². The van der Waals surface area contributed by atoms with Crippen LogP contribution >= 0.6 is 0 Å². The van der Waals surface area contributed by atoms with E-state index in [1.165, 1.54) is 5.57 Å². The molecule has 8 atom stereocenters. The summed E-state index contributed by atoms with van der Waals surface area (Å²) in [4.78, 5) is 24.4. The Hall–Kier alpha value is -0.960. The van der Waals surface area contributed by atoms with Crippen LogP contribution in [-0.2, 0) is 9.59 Å². The second kappa shape index (κ2) is 5.53. The second-order valence-corrected chi connectivity index (χ2v) is 10.6. The van der Waals surface area contributed by atoms with E-state index in [1.807, 2.05) is 13.0 Å². The minimum atomic E-state index is -0.789. The summed E-state index contributed by atoms with van der Waals surface area (Å²) in [6, 6.07) is 0. The third-order valence-corrected chi connectivity index (χ3v) is 8.96. The third kappa shape index (κ3) is 2.28. The maximum absolute atomic E-state index is 12.3. The largest absolute Gasteiger partial charge is 0.390 e. The highest BCUT2D eigenvalue weighted by Crippen LogP contribution is 2.69. The average molecular weight is 359 g/mol. The molecule has 4 rings (SSSR count). The lowest BCUT2D eigenvalue weighted by atomic mass is 9.41. The Morgan fingerprint density at radius 1 is 1.23 bits per heavy atom. The molecule has 0 radical (unpaired) electrons. The number of hydrogen-bond acceptors (Lipinski definition) is 3. The molecular formula is C23H34O3. The van der Waals surface area contributed by atoms with E-state index in [0.29, 0.717) is 36.4 Å². The molecule has 0 aromatic carbocycles. The van der Waals surface area contributed by atoms with Crippen molar-refractivity contribution in [2.24, 2.45) is 40.4 Å². The van der Waals surface area contributed by atoms with Crippen LogP contribution in [0, 0.1) is 40.4 Å². The molecule has 1 N–H and O–H groups in total. The first-order valence-corrected chi connectivity index (χ1v) is 10.5. The van der Waals surface area contributed by atoms with E-state index in [9.17, 15) is 14.7 Å². The van der Waals surface area contributed by atoms with Crippen molar-refractivity contribution in [1.29, 1.82) is 0 Å². The Labute approximate surface area is 157 Å². The number of allylic oxidation sites excluding steroid dienone is 1. The summed E-state index contributed by atoms with van der Waals surface area (Å²) in [6.45, 7) is 10.6. The lowest BCUT2D eigenvalue weighted by Crippen LogP contribution is -2.62. The van der Waals surface area contributed by atoms with Gasteiger partial charge >= 0.3 is 0 Å². The van der Waals surface area contributed by atoms with Gasteiger partial charge in [-0.05, 0) is 86.5 Å². The Morgan fingerprint density at radius 3 is 2.58 bits per heavy atom. The molecule has 0 aromatic heterocycles. The fourth-order valence-corrected chi connectivity index (χ4v) is 8.44. The molecule has 3 fully saturated rings. The van der Waals surface area contributed by atoms with E-state index in [2.05, 4.69) is 20.8 Å². The van der Waals surface area contributed by atoms with Gasteiger partial charge in [-0.2, -0.15) is 0 Å². The van der Waals surface area contributed by atoms with E-state index in [1.54, 1.807) is 6.92 Å². The Morgan fingerprint density at radius 2 is 1.92 bits per heavy atom. The highest BCUT2D eigenvalue weighted by atomic mass is 16.3. The number of aliphatic hydroxyl groups is 1. The molecule has 0 spiro atoms. The number of hydrogen-bond donors (Lipinski definition) is 1. The minimum Gasteiger partial charge on any atom is -0.390 e. The molecule has 4 aliphatic carbocycles. The van der Waals surface area contributed by atoms with E-state index >= 15 is 0 Å². The van der Waals surface area contributed by atoms with Gasteiger partial charge in [0.05, 0.1) is 5.60 Å². The highest BCUT2D eigenvalue weighted by Gasteiger charge is 2.66. The van der Waals surface area contributed by atoms with E-state index in [0.717, 1.165) is 25.7 Å². The summed E-state index contributed by atoms with van der Waals surface area (Å²) in [5.41, 5.74) is 0.315. The average Bonchev–Trinajstić information content (AvgIpc) is 2.84.